The van der Waals surface area contributed by atoms with Crippen LogP contribution in [0.3, 0.4) is 0 Å². The van der Waals surface area contributed by atoms with Gasteiger partial charge in [-0.2, -0.15) is 0 Å². The van der Waals surface area contributed by atoms with E-state index in [1.165, 1.54) is 11.1 Å². The zero-order chi connectivity index (χ0) is 20.8. The second kappa shape index (κ2) is 9.63. The maximum atomic E-state index is 13.0. The number of rotatable bonds is 8. The Hall–Kier alpha value is -3.06. The molecule has 1 aliphatic rings. The highest BCUT2D eigenvalue weighted by Crippen LogP contribution is 2.27. The predicted molar refractivity (Wildman–Crippen MR) is 115 cm³/mol. The summed E-state index contributed by atoms with van der Waals surface area (Å²) in [5.41, 5.74) is 3.66. The Morgan fingerprint density at radius 2 is 1.90 bits per heavy atom. The fourth-order valence-electron chi connectivity index (χ4n) is 4.07. The molecule has 2 atom stereocenters. The first-order valence-electron chi connectivity index (χ1n) is 10.5. The van der Waals surface area contributed by atoms with Crippen molar-refractivity contribution in [3.8, 4) is 0 Å². The summed E-state index contributed by atoms with van der Waals surface area (Å²) in [6.07, 6.45) is 4.37. The van der Waals surface area contributed by atoms with Crippen LogP contribution in [0.4, 0.5) is 0 Å². The number of carbonyl (C=O) groups is 1. The zero-order valence-electron chi connectivity index (χ0n) is 17.3. The van der Waals surface area contributed by atoms with Gasteiger partial charge in [-0.3, -0.25) is 9.69 Å². The fraction of sp³-hybridized carbons (Fsp3) is 0.391. The lowest BCUT2D eigenvalue weighted by atomic mass is 10.1. The van der Waals surface area contributed by atoms with Gasteiger partial charge in [0.15, 0.2) is 0 Å². The number of likely N-dealkylation sites (tertiary alicyclic amines) is 1. The standard InChI is InChI=1S/C23H28N6O/c1-18-9-11-20(12-10-18)15-24-23(30)22-14-21(29-17-25-26-27-29)16-28(22)13-5-8-19-6-3-2-4-7-19/h2-4,6-7,9-12,17,21-22H,5,8,13-16H2,1H3,(H,24,30)/t21-,22-/m0/s1. The predicted octanol–water partition coefficient (Wildman–Crippen LogP) is 2.55. The van der Waals surface area contributed by atoms with E-state index in [2.05, 4.69) is 81.2 Å². The van der Waals surface area contributed by atoms with Crippen LogP contribution in [0.1, 0.15) is 35.6 Å². The van der Waals surface area contributed by atoms with Crippen molar-refractivity contribution in [2.24, 2.45) is 0 Å². The molecule has 2 aromatic carbocycles. The summed E-state index contributed by atoms with van der Waals surface area (Å²) in [7, 11) is 0. The molecule has 2 heterocycles. The third kappa shape index (κ3) is 5.10. The van der Waals surface area contributed by atoms with Gasteiger partial charge in [0.2, 0.25) is 5.91 Å². The molecule has 0 bridgehead atoms. The minimum absolute atomic E-state index is 0.0749. The Morgan fingerprint density at radius 1 is 1.10 bits per heavy atom. The van der Waals surface area contributed by atoms with Crippen molar-refractivity contribution >= 4 is 5.91 Å². The van der Waals surface area contributed by atoms with Gasteiger partial charge in [0.1, 0.15) is 6.33 Å². The summed E-state index contributed by atoms with van der Waals surface area (Å²) in [4.78, 5) is 15.3. The van der Waals surface area contributed by atoms with E-state index < -0.39 is 0 Å². The average molecular weight is 405 g/mol. The number of tetrazole rings is 1. The minimum atomic E-state index is -0.166. The van der Waals surface area contributed by atoms with Crippen LogP contribution in [-0.2, 0) is 17.8 Å². The molecule has 7 heteroatoms. The molecular weight excluding hydrogens is 376 g/mol. The number of nitrogens with one attached hydrogen (secondary N) is 1. The molecule has 156 valence electrons. The summed E-state index contributed by atoms with van der Waals surface area (Å²) in [6, 6.07) is 18.7. The number of aryl methyl sites for hydroxylation is 2. The van der Waals surface area contributed by atoms with Crippen molar-refractivity contribution < 1.29 is 4.79 Å². The Morgan fingerprint density at radius 3 is 2.63 bits per heavy atom. The van der Waals surface area contributed by atoms with Crippen LogP contribution in [0, 0.1) is 6.92 Å². The van der Waals surface area contributed by atoms with Gasteiger partial charge in [-0.05, 0) is 54.3 Å². The van der Waals surface area contributed by atoms with Gasteiger partial charge in [-0.1, -0.05) is 60.2 Å². The van der Waals surface area contributed by atoms with Crippen LogP contribution < -0.4 is 5.32 Å². The first kappa shape index (κ1) is 20.2. The summed E-state index contributed by atoms with van der Waals surface area (Å²) in [5.74, 6) is 0.0749. The van der Waals surface area contributed by atoms with E-state index in [0.29, 0.717) is 6.54 Å². The highest BCUT2D eigenvalue weighted by molar-refractivity contribution is 5.82. The molecular formula is C23H28N6O. The molecule has 1 amide bonds. The third-order valence-corrected chi connectivity index (χ3v) is 5.76. The molecule has 7 nitrogen and oxygen atoms in total. The van der Waals surface area contributed by atoms with Gasteiger partial charge < -0.3 is 5.32 Å². The fourth-order valence-corrected chi connectivity index (χ4v) is 4.07. The molecule has 1 aliphatic heterocycles. The van der Waals surface area contributed by atoms with Crippen LogP contribution in [0.2, 0.25) is 0 Å². The summed E-state index contributed by atoms with van der Waals surface area (Å²) in [5, 5.41) is 14.7. The van der Waals surface area contributed by atoms with Gasteiger partial charge >= 0.3 is 0 Å². The topological polar surface area (TPSA) is 75.9 Å². The summed E-state index contributed by atoms with van der Waals surface area (Å²) < 4.78 is 1.78. The quantitative estimate of drug-likeness (QED) is 0.624. The van der Waals surface area contributed by atoms with E-state index in [0.717, 1.165) is 37.9 Å². The number of nitrogens with zero attached hydrogens (tertiary/aromatic N) is 5. The zero-order valence-corrected chi connectivity index (χ0v) is 17.3. The Bertz CT molecular complexity index is 926. The van der Waals surface area contributed by atoms with E-state index in [4.69, 9.17) is 0 Å². The second-order valence-corrected chi connectivity index (χ2v) is 7.98. The van der Waals surface area contributed by atoms with Crippen LogP contribution >= 0.6 is 0 Å². The molecule has 0 saturated carbocycles. The van der Waals surface area contributed by atoms with Crippen LogP contribution in [-0.4, -0.2) is 50.1 Å². The first-order valence-corrected chi connectivity index (χ1v) is 10.5. The minimum Gasteiger partial charge on any atom is -0.351 e. The molecule has 1 aromatic heterocycles. The van der Waals surface area contributed by atoms with Gasteiger partial charge in [-0.25, -0.2) is 4.68 Å². The van der Waals surface area contributed by atoms with Gasteiger partial charge in [0.05, 0.1) is 12.1 Å². The third-order valence-electron chi connectivity index (χ3n) is 5.76. The van der Waals surface area contributed by atoms with Crippen molar-refractivity contribution in [1.29, 1.82) is 0 Å². The molecule has 1 fully saturated rings. The average Bonchev–Trinajstić information content (AvgIpc) is 3.44. The van der Waals surface area contributed by atoms with Crippen molar-refractivity contribution in [1.82, 2.24) is 30.4 Å². The number of hydrogen-bond acceptors (Lipinski definition) is 5. The highest BCUT2D eigenvalue weighted by atomic mass is 16.2. The Kier molecular flexibility index (Phi) is 6.49. The number of aromatic nitrogens is 4. The molecule has 0 spiro atoms. The first-order chi connectivity index (χ1) is 14.7. The molecule has 0 aliphatic carbocycles. The highest BCUT2D eigenvalue weighted by Gasteiger charge is 2.37. The van der Waals surface area contributed by atoms with Gasteiger partial charge in [-0.15, -0.1) is 5.10 Å². The molecule has 0 unspecified atom stereocenters. The van der Waals surface area contributed by atoms with E-state index in [-0.39, 0.29) is 18.0 Å². The normalized spacial score (nSPS) is 19.1. The Balaban J connectivity index is 1.37. The van der Waals surface area contributed by atoms with Crippen molar-refractivity contribution in [2.75, 3.05) is 13.1 Å². The summed E-state index contributed by atoms with van der Waals surface area (Å²) >= 11 is 0. The van der Waals surface area contributed by atoms with Crippen molar-refractivity contribution in [3.63, 3.8) is 0 Å². The second-order valence-electron chi connectivity index (χ2n) is 7.98. The van der Waals surface area contributed by atoms with Crippen molar-refractivity contribution in [3.05, 3.63) is 77.6 Å². The lowest BCUT2D eigenvalue weighted by Crippen LogP contribution is -2.43. The number of benzene rings is 2. The molecule has 1 N–H and O–H groups in total. The largest absolute Gasteiger partial charge is 0.351 e. The molecule has 1 saturated heterocycles. The summed E-state index contributed by atoms with van der Waals surface area (Å²) in [6.45, 7) is 4.26. The number of carbonyl (C=O) groups excluding carboxylic acids is 1. The lowest BCUT2D eigenvalue weighted by Gasteiger charge is -2.23. The molecule has 30 heavy (non-hydrogen) atoms. The Labute approximate surface area is 177 Å². The number of hydrogen-bond donors (Lipinski definition) is 1. The van der Waals surface area contributed by atoms with Crippen LogP contribution in [0.25, 0.3) is 0 Å². The SMILES string of the molecule is Cc1ccc(CNC(=O)[C@@H]2C[C@H](n3cnnn3)CN2CCCc2ccccc2)cc1. The van der Waals surface area contributed by atoms with E-state index >= 15 is 0 Å². The monoisotopic (exact) mass is 404 g/mol. The molecule has 0 radical (unpaired) electrons. The van der Waals surface area contributed by atoms with E-state index in [1.54, 1.807) is 11.0 Å². The maximum Gasteiger partial charge on any atom is 0.237 e. The lowest BCUT2D eigenvalue weighted by molar-refractivity contribution is -0.125. The van der Waals surface area contributed by atoms with E-state index in [9.17, 15) is 4.79 Å². The maximum absolute atomic E-state index is 13.0. The smallest absolute Gasteiger partial charge is 0.237 e. The van der Waals surface area contributed by atoms with E-state index in [1.807, 2.05) is 6.07 Å². The van der Waals surface area contributed by atoms with Crippen LogP contribution in [0.15, 0.2) is 60.9 Å². The number of amides is 1. The van der Waals surface area contributed by atoms with Crippen LogP contribution in [0.5, 0.6) is 0 Å². The molecule has 3 aromatic rings. The molecule has 4 rings (SSSR count). The van der Waals surface area contributed by atoms with Gasteiger partial charge in [0, 0.05) is 13.1 Å². The van der Waals surface area contributed by atoms with Crippen molar-refractivity contribution in [2.45, 2.75) is 44.8 Å². The van der Waals surface area contributed by atoms with Gasteiger partial charge in [0.25, 0.3) is 0 Å².